The molecule has 0 heterocycles. The maximum absolute atomic E-state index is 5.61. The van der Waals surface area contributed by atoms with Crippen molar-refractivity contribution in [3.63, 3.8) is 0 Å². The van der Waals surface area contributed by atoms with Gasteiger partial charge in [0, 0.05) is 0 Å². The number of benzene rings is 7. The molecule has 0 spiro atoms. The van der Waals surface area contributed by atoms with Crippen LogP contribution in [0.4, 0.5) is 0 Å². The molecule has 0 radical (unpaired) electrons. The minimum Gasteiger partial charge on any atom is -0.497 e. The van der Waals surface area contributed by atoms with E-state index in [0.717, 1.165) is 35.8 Å². The molecule has 0 unspecified atom stereocenters. The van der Waals surface area contributed by atoms with E-state index < -0.39 is 0 Å². The predicted octanol–water partition coefficient (Wildman–Crippen LogP) is 9.87. The Kier molecular flexibility index (Phi) is 6.84. The van der Waals surface area contributed by atoms with Crippen LogP contribution in [0.1, 0.15) is 17.5 Å². The highest BCUT2D eigenvalue weighted by molar-refractivity contribution is 6.28. The van der Waals surface area contributed by atoms with E-state index in [2.05, 4.69) is 121 Å². The molecule has 0 atom stereocenters. The molecule has 0 aromatic heterocycles. The van der Waals surface area contributed by atoms with Gasteiger partial charge in [-0.2, -0.15) is 0 Å². The molecule has 0 saturated carbocycles. The standard InChI is InChI=1S/C48H36O4/c1-49-32-15-5-27(6-16-32)40-36-23-13-31-14-24-37-41(28-7-17-33(50-2)18-8-28)43(30-11-21-35(52-4)22-12-30)39-26-25-38(47-45(36)44(31)46(37)48(39)47)42(40)29-9-19-34(51-3)20-10-29/h5-13,15-22,24-26H,14,23H2,1-4H3. The number of ether oxygens (including phenoxy) is 4. The van der Waals surface area contributed by atoms with E-state index in [1.54, 1.807) is 28.4 Å². The molecule has 4 nitrogen and oxygen atoms in total. The van der Waals surface area contributed by atoms with Gasteiger partial charge in [-0.15, -0.1) is 0 Å². The summed E-state index contributed by atoms with van der Waals surface area (Å²) in [5.41, 5.74) is 15.4. The van der Waals surface area contributed by atoms with Crippen LogP contribution in [0.5, 0.6) is 23.0 Å². The van der Waals surface area contributed by atoms with Crippen molar-refractivity contribution in [2.24, 2.45) is 0 Å². The summed E-state index contributed by atoms with van der Waals surface area (Å²) in [5, 5.41) is 7.92. The van der Waals surface area contributed by atoms with Gasteiger partial charge in [0.1, 0.15) is 23.0 Å². The fourth-order valence-corrected chi connectivity index (χ4v) is 8.99. The van der Waals surface area contributed by atoms with Gasteiger partial charge in [-0.3, -0.25) is 0 Å². The molecule has 0 aliphatic heterocycles. The Labute approximate surface area is 302 Å². The average Bonchev–Trinajstić information content (AvgIpc) is 3.58. The minimum absolute atomic E-state index is 0.844. The Morgan fingerprint density at radius 3 is 1.29 bits per heavy atom. The van der Waals surface area contributed by atoms with Crippen LogP contribution in [0.15, 0.2) is 121 Å². The number of methoxy groups -OCH3 is 4. The molecular formula is C48H36O4. The summed E-state index contributed by atoms with van der Waals surface area (Å²) in [7, 11) is 6.89. The highest BCUT2D eigenvalue weighted by Crippen LogP contribution is 2.53. The van der Waals surface area contributed by atoms with E-state index in [0.29, 0.717) is 0 Å². The Morgan fingerprint density at radius 2 is 0.808 bits per heavy atom. The topological polar surface area (TPSA) is 36.9 Å². The molecule has 4 heteroatoms. The fraction of sp³-hybridized carbons (Fsp3) is 0.125. The van der Waals surface area contributed by atoms with Crippen molar-refractivity contribution < 1.29 is 18.9 Å². The van der Waals surface area contributed by atoms with Crippen molar-refractivity contribution in [2.45, 2.75) is 12.8 Å². The van der Waals surface area contributed by atoms with Crippen molar-refractivity contribution in [3.05, 3.63) is 142 Å². The summed E-state index contributed by atoms with van der Waals surface area (Å²) in [6.45, 7) is 0. The largest absolute Gasteiger partial charge is 0.497 e. The maximum Gasteiger partial charge on any atom is 0.118 e. The molecule has 7 aromatic rings. The average molecular weight is 677 g/mol. The maximum atomic E-state index is 5.61. The van der Waals surface area contributed by atoms with Crippen LogP contribution in [0.2, 0.25) is 0 Å². The van der Waals surface area contributed by atoms with Crippen LogP contribution in [0, 0.1) is 0 Å². The zero-order chi connectivity index (χ0) is 35.1. The van der Waals surface area contributed by atoms with Crippen molar-refractivity contribution in [3.8, 4) is 67.5 Å². The summed E-state index contributed by atoms with van der Waals surface area (Å²) in [5.74, 6) is 3.39. The van der Waals surface area contributed by atoms with Crippen molar-refractivity contribution >= 4 is 33.2 Å². The molecule has 0 N–H and O–H groups in total. The van der Waals surface area contributed by atoms with Crippen LogP contribution < -0.4 is 29.4 Å². The smallest absolute Gasteiger partial charge is 0.118 e. The third-order valence-electron chi connectivity index (χ3n) is 11.3. The quantitative estimate of drug-likeness (QED) is 0.150. The van der Waals surface area contributed by atoms with Crippen LogP contribution >= 0.6 is 0 Å². The van der Waals surface area contributed by atoms with Gasteiger partial charge in [-0.05, 0) is 160 Å². The molecule has 10 rings (SSSR count). The minimum atomic E-state index is 0.844. The van der Waals surface area contributed by atoms with Gasteiger partial charge in [0.05, 0.1) is 28.4 Å². The number of hydrogen-bond acceptors (Lipinski definition) is 4. The summed E-state index contributed by atoms with van der Waals surface area (Å²) in [6, 6.07) is 39.0. The van der Waals surface area contributed by atoms with E-state index in [1.807, 2.05) is 0 Å². The molecule has 252 valence electrons. The van der Waals surface area contributed by atoms with E-state index in [4.69, 9.17) is 18.9 Å². The highest BCUT2D eigenvalue weighted by Gasteiger charge is 2.35. The lowest BCUT2D eigenvalue weighted by atomic mass is 9.76. The van der Waals surface area contributed by atoms with E-state index in [-0.39, 0.29) is 0 Å². The molecular weight excluding hydrogens is 641 g/mol. The van der Waals surface area contributed by atoms with Crippen molar-refractivity contribution in [1.82, 2.24) is 0 Å². The van der Waals surface area contributed by atoms with Gasteiger partial charge < -0.3 is 18.9 Å². The Bertz CT molecular complexity index is 2770. The second kappa shape index (κ2) is 11.6. The monoisotopic (exact) mass is 676 g/mol. The zero-order valence-electron chi connectivity index (χ0n) is 29.6. The molecule has 3 aliphatic carbocycles. The first-order chi connectivity index (χ1) is 25.6. The van der Waals surface area contributed by atoms with Gasteiger partial charge in [-0.1, -0.05) is 72.8 Å². The molecule has 0 bridgehead atoms. The van der Waals surface area contributed by atoms with Gasteiger partial charge in [0.2, 0.25) is 0 Å². The number of allylic oxidation sites excluding steroid dienone is 2. The van der Waals surface area contributed by atoms with Crippen molar-refractivity contribution in [2.75, 3.05) is 28.4 Å². The third kappa shape index (κ3) is 4.27. The summed E-state index contributed by atoms with van der Waals surface area (Å²) in [4.78, 5) is 0. The van der Waals surface area contributed by atoms with Gasteiger partial charge in [0.15, 0.2) is 0 Å². The summed E-state index contributed by atoms with van der Waals surface area (Å²) < 4.78 is 22.4. The van der Waals surface area contributed by atoms with E-state index >= 15 is 0 Å². The first kappa shape index (κ1) is 30.6. The molecule has 0 fully saturated rings. The van der Waals surface area contributed by atoms with Crippen LogP contribution in [-0.4, -0.2) is 28.4 Å². The Hall–Kier alpha value is -6.26. The lowest BCUT2D eigenvalue weighted by Gasteiger charge is -2.27. The summed E-state index contributed by atoms with van der Waals surface area (Å²) >= 11 is 0. The lowest BCUT2D eigenvalue weighted by Crippen LogP contribution is -2.33. The highest BCUT2D eigenvalue weighted by atomic mass is 16.5. The molecule has 52 heavy (non-hydrogen) atoms. The van der Waals surface area contributed by atoms with Gasteiger partial charge in [-0.25, -0.2) is 0 Å². The first-order valence-electron chi connectivity index (χ1n) is 17.7. The Balaban J connectivity index is 1.40. The summed E-state index contributed by atoms with van der Waals surface area (Å²) in [6.07, 6.45) is 6.72. The van der Waals surface area contributed by atoms with Gasteiger partial charge in [0.25, 0.3) is 0 Å². The van der Waals surface area contributed by atoms with Crippen LogP contribution in [0.3, 0.4) is 0 Å². The second-order valence-corrected chi connectivity index (χ2v) is 13.7. The third-order valence-corrected chi connectivity index (χ3v) is 11.3. The van der Waals surface area contributed by atoms with E-state index in [9.17, 15) is 0 Å². The second-order valence-electron chi connectivity index (χ2n) is 13.7. The molecule has 3 aliphatic rings. The number of rotatable bonds is 8. The molecule has 7 aromatic carbocycles. The fourth-order valence-electron chi connectivity index (χ4n) is 8.99. The van der Waals surface area contributed by atoms with Crippen LogP contribution in [-0.2, 0) is 6.42 Å². The molecule has 0 amide bonds. The molecule has 0 saturated heterocycles. The normalized spacial score (nSPS) is 13.5. The SMILES string of the molecule is COc1ccc(-c2c3c4c5c(ccc6c(-c7ccc(OC)cc7)c(-c7ccc(OC)cc7)c7c(c65)=C4C(=CC3)CC=7)c2-c2ccc(OC)cc2)cc1. The number of hydrogen-bond donors (Lipinski definition) is 0. The zero-order valence-corrected chi connectivity index (χ0v) is 29.6. The van der Waals surface area contributed by atoms with E-state index in [1.165, 1.54) is 98.8 Å². The lowest BCUT2D eigenvalue weighted by molar-refractivity contribution is 0.414. The Morgan fingerprint density at radius 1 is 0.385 bits per heavy atom. The van der Waals surface area contributed by atoms with Gasteiger partial charge >= 0.3 is 0 Å². The van der Waals surface area contributed by atoms with Crippen molar-refractivity contribution in [1.29, 1.82) is 0 Å². The van der Waals surface area contributed by atoms with Crippen LogP contribution in [0.25, 0.3) is 77.7 Å². The first-order valence-corrected chi connectivity index (χ1v) is 17.7. The predicted molar refractivity (Wildman–Crippen MR) is 212 cm³/mol.